The zero-order chi connectivity index (χ0) is 43.8. The van der Waals surface area contributed by atoms with E-state index in [1.165, 1.54) is 0 Å². The zero-order valence-electron chi connectivity index (χ0n) is 32.1. The van der Waals surface area contributed by atoms with E-state index < -0.39 is 24.3 Å². The fourth-order valence-electron chi connectivity index (χ4n) is 6.41. The molecule has 2 amide bonds. The molecular formula is C39H40ClF6N7O7. The van der Waals surface area contributed by atoms with Gasteiger partial charge in [-0.15, -0.1) is 0 Å². The number of hydrogen-bond donors (Lipinski definition) is 5. The third-order valence-corrected chi connectivity index (χ3v) is 9.58. The molecule has 3 aliphatic heterocycles. The Morgan fingerprint density at radius 3 is 2.28 bits per heavy atom. The topological polar surface area (TPSA) is 188 Å². The number of carboxylic acid groups (broad SMARTS) is 2. The number of carboxylic acids is 2. The maximum Gasteiger partial charge on any atom is 0.490 e. The fraction of sp³-hybridized carbons (Fsp3) is 0.385. The highest BCUT2D eigenvalue weighted by molar-refractivity contribution is 6.32. The van der Waals surface area contributed by atoms with Crippen molar-refractivity contribution in [3.05, 3.63) is 82.8 Å². The van der Waals surface area contributed by atoms with Gasteiger partial charge in [0.2, 0.25) is 5.95 Å². The molecule has 5 N–H and O–H groups in total. The van der Waals surface area contributed by atoms with E-state index in [0.29, 0.717) is 29.3 Å². The summed E-state index contributed by atoms with van der Waals surface area (Å²) in [5, 5.41) is 24.3. The Bertz CT molecular complexity index is 2160. The molecule has 1 fully saturated rings. The van der Waals surface area contributed by atoms with Crippen LogP contribution in [0.15, 0.2) is 61.1 Å². The number of aromatic nitrogens is 3. The zero-order valence-corrected chi connectivity index (χ0v) is 32.8. The molecular weight excluding hydrogens is 828 g/mol. The molecule has 0 aliphatic carbocycles. The number of urea groups is 1. The molecule has 21 heteroatoms. The highest BCUT2D eigenvalue weighted by Gasteiger charge is 2.39. The highest BCUT2D eigenvalue weighted by Crippen LogP contribution is 2.40. The monoisotopic (exact) mass is 867 g/mol. The summed E-state index contributed by atoms with van der Waals surface area (Å²) < 4.78 is 76.0. The number of carbonyl (C=O) groups excluding carboxylic acids is 1. The molecule has 7 rings (SSSR count). The maximum absolute atomic E-state index is 13.1. The highest BCUT2D eigenvalue weighted by atomic mass is 35.5. The van der Waals surface area contributed by atoms with Crippen molar-refractivity contribution in [2.45, 2.75) is 70.3 Å². The van der Waals surface area contributed by atoms with Crippen LogP contribution in [0.1, 0.15) is 49.8 Å². The van der Waals surface area contributed by atoms with E-state index in [2.05, 4.69) is 62.9 Å². The summed E-state index contributed by atoms with van der Waals surface area (Å²) in [7, 11) is 0. The number of alkyl halides is 6. The number of amides is 2. The number of likely N-dealkylation sites (tertiary alicyclic amines) is 1. The Morgan fingerprint density at radius 2 is 1.62 bits per heavy atom. The van der Waals surface area contributed by atoms with Crippen LogP contribution in [-0.2, 0) is 28.9 Å². The molecule has 0 atom stereocenters. The van der Waals surface area contributed by atoms with Crippen molar-refractivity contribution in [2.24, 2.45) is 5.92 Å². The van der Waals surface area contributed by atoms with Crippen LogP contribution in [0.25, 0.3) is 0 Å². The van der Waals surface area contributed by atoms with Gasteiger partial charge in [0.25, 0.3) is 0 Å². The number of carbonyl (C=O) groups is 3. The molecule has 0 spiro atoms. The van der Waals surface area contributed by atoms with Crippen LogP contribution in [0, 0.1) is 5.92 Å². The molecule has 0 saturated carbocycles. The van der Waals surface area contributed by atoms with E-state index in [1.54, 1.807) is 12.4 Å². The number of pyridine rings is 1. The SMILES string of the molecule is CC1(C)Cc2cccc(NC(=O)N3CCC(CCOc4ccc5cc4CCc4cncc(c4)Nc4ncc(Cl)c(n4)N5)CC3)c2O1.O=C(O)C(F)(F)F.O=C(O)C(F)(F)F. The summed E-state index contributed by atoms with van der Waals surface area (Å²) in [4.78, 5) is 46.1. The first-order chi connectivity index (χ1) is 28.2. The summed E-state index contributed by atoms with van der Waals surface area (Å²) in [5.41, 5.74) is 5.52. The van der Waals surface area contributed by atoms with Gasteiger partial charge in [-0.25, -0.2) is 19.4 Å². The summed E-state index contributed by atoms with van der Waals surface area (Å²) in [6, 6.07) is 14.1. The molecule has 14 nitrogen and oxygen atoms in total. The van der Waals surface area contributed by atoms with Crippen molar-refractivity contribution in [3.63, 3.8) is 0 Å². The average molecular weight is 868 g/mol. The fourth-order valence-corrected chi connectivity index (χ4v) is 6.55. The quantitative estimate of drug-likeness (QED) is 0.120. The second kappa shape index (κ2) is 18.9. The average Bonchev–Trinajstić information content (AvgIpc) is 3.50. The van der Waals surface area contributed by atoms with Crippen LogP contribution in [0.3, 0.4) is 0 Å². The number of anilines is 5. The molecule has 4 aromatic rings. The Balaban J connectivity index is 0.000000420. The van der Waals surface area contributed by atoms with Crippen LogP contribution in [-0.4, -0.2) is 85.7 Å². The predicted molar refractivity (Wildman–Crippen MR) is 207 cm³/mol. The minimum Gasteiger partial charge on any atom is -0.493 e. The number of fused-ring (bicyclic) bond motifs is 7. The Kier molecular flexibility index (Phi) is 14.2. The predicted octanol–water partition coefficient (Wildman–Crippen LogP) is 8.80. The minimum atomic E-state index is -5.08. The first kappa shape index (κ1) is 45.0. The van der Waals surface area contributed by atoms with E-state index in [1.807, 2.05) is 35.4 Å². The van der Waals surface area contributed by atoms with E-state index in [4.69, 9.17) is 40.9 Å². The van der Waals surface area contributed by atoms with Gasteiger partial charge in [-0.2, -0.15) is 31.3 Å². The summed E-state index contributed by atoms with van der Waals surface area (Å²) in [6.45, 7) is 6.20. The van der Waals surface area contributed by atoms with Gasteiger partial charge in [0.05, 0.1) is 30.4 Å². The molecule has 2 aromatic heterocycles. The number of rotatable bonds is 5. The Morgan fingerprint density at radius 1 is 0.933 bits per heavy atom. The van der Waals surface area contributed by atoms with Gasteiger partial charge in [0.1, 0.15) is 22.1 Å². The number of hydrogen-bond acceptors (Lipinski definition) is 10. The normalized spacial score (nSPS) is 15.5. The van der Waals surface area contributed by atoms with E-state index in [9.17, 15) is 31.1 Å². The minimum absolute atomic E-state index is 0.0684. The Labute approximate surface area is 344 Å². The molecule has 1 saturated heterocycles. The van der Waals surface area contributed by atoms with Crippen molar-refractivity contribution in [3.8, 4) is 11.5 Å². The molecule has 5 heterocycles. The summed E-state index contributed by atoms with van der Waals surface area (Å²) in [6.07, 6.45) is 0.300. The van der Waals surface area contributed by atoms with Crippen molar-refractivity contribution in [1.82, 2.24) is 19.9 Å². The summed E-state index contributed by atoms with van der Waals surface area (Å²) >= 11 is 6.42. The molecule has 60 heavy (non-hydrogen) atoms. The van der Waals surface area contributed by atoms with Gasteiger partial charge < -0.3 is 40.5 Å². The van der Waals surface area contributed by atoms with Crippen molar-refractivity contribution >= 4 is 58.4 Å². The van der Waals surface area contributed by atoms with Crippen LogP contribution >= 0.6 is 11.6 Å². The maximum atomic E-state index is 13.1. The second-order valence-electron chi connectivity index (χ2n) is 14.5. The van der Waals surface area contributed by atoms with Crippen LogP contribution in [0.5, 0.6) is 11.5 Å². The van der Waals surface area contributed by atoms with E-state index in [-0.39, 0.29) is 11.6 Å². The van der Waals surface area contributed by atoms with Crippen molar-refractivity contribution in [1.29, 1.82) is 0 Å². The number of nitrogens with zero attached hydrogens (tertiary/aromatic N) is 4. The first-order valence-electron chi connectivity index (χ1n) is 18.4. The number of aliphatic carboxylic acids is 2. The number of nitrogens with one attached hydrogen (secondary N) is 3. The number of halogens is 7. The van der Waals surface area contributed by atoms with Gasteiger partial charge in [-0.1, -0.05) is 23.7 Å². The lowest BCUT2D eigenvalue weighted by Gasteiger charge is -2.32. The largest absolute Gasteiger partial charge is 0.493 e. The number of piperidine rings is 1. The summed E-state index contributed by atoms with van der Waals surface area (Å²) in [5.74, 6) is -2.39. The number of benzene rings is 2. The molecule has 2 aromatic carbocycles. The number of aryl methyl sites for hydroxylation is 2. The first-order valence-corrected chi connectivity index (χ1v) is 18.8. The van der Waals surface area contributed by atoms with Crippen LogP contribution in [0.2, 0.25) is 5.02 Å². The molecule has 6 bridgehead atoms. The molecule has 0 radical (unpaired) electrons. The lowest BCUT2D eigenvalue weighted by Crippen LogP contribution is -2.41. The lowest BCUT2D eigenvalue weighted by atomic mass is 9.94. The van der Waals surface area contributed by atoms with E-state index >= 15 is 0 Å². The standard InChI is InChI=1S/C35H38ClN7O3.2C2HF3O2/c1-35(2)18-25-4-3-5-29(31(25)46-35)41-34(44)43-13-10-22(11-14-43)12-15-45-30-9-8-26-17-24(30)7-6-23-16-27(20-37-19-23)40-33-38-21-28(36)32(39-26)42-33;2*3-2(4,5)1(6)7/h3-5,8-9,16-17,19-22H,6-7,10-15,18H2,1-2H3,(H,41,44)(H2,38,39,40,42);2*(H,6,7). The molecule has 322 valence electrons. The van der Waals surface area contributed by atoms with Gasteiger partial charge in [0, 0.05) is 37.0 Å². The van der Waals surface area contributed by atoms with Gasteiger partial charge in [-0.3, -0.25) is 4.98 Å². The van der Waals surface area contributed by atoms with Crippen LogP contribution in [0.4, 0.5) is 60.0 Å². The third-order valence-electron chi connectivity index (χ3n) is 9.30. The van der Waals surface area contributed by atoms with Crippen molar-refractivity contribution < 1.29 is 60.4 Å². The second-order valence-corrected chi connectivity index (χ2v) is 14.9. The molecule has 0 unspecified atom stereocenters. The third kappa shape index (κ3) is 12.7. The van der Waals surface area contributed by atoms with Gasteiger partial charge >= 0.3 is 30.3 Å². The lowest BCUT2D eigenvalue weighted by molar-refractivity contribution is -0.193. The number of ether oxygens (including phenoxy) is 2. The van der Waals surface area contributed by atoms with Gasteiger partial charge in [0.15, 0.2) is 5.82 Å². The molecule has 3 aliphatic rings. The van der Waals surface area contributed by atoms with E-state index in [0.717, 1.165) is 96.9 Å². The van der Waals surface area contributed by atoms with Crippen molar-refractivity contribution in [2.75, 3.05) is 35.6 Å². The van der Waals surface area contributed by atoms with Gasteiger partial charge in [-0.05, 0) is 93.3 Å². The number of para-hydroxylation sites is 1. The Hall–Kier alpha value is -6.05. The smallest absolute Gasteiger partial charge is 0.490 e. The van der Waals surface area contributed by atoms with Crippen LogP contribution < -0.4 is 25.4 Å².